The standard InChI is InChI=1S/C17H37NO/c1-6-10-12-16(8-3)14-18(5,19)15-17(9-4)13-11-7-2/h16-17H,6-15H2,1-5H3. The molecule has 0 radical (unpaired) electrons. The molecule has 0 aromatic heterocycles. The topological polar surface area (TPSA) is 23.1 Å². The first-order chi connectivity index (χ1) is 8.99. The van der Waals surface area contributed by atoms with Gasteiger partial charge in [-0.15, -0.1) is 0 Å². The van der Waals surface area contributed by atoms with Crippen molar-refractivity contribution in [3.8, 4) is 0 Å². The van der Waals surface area contributed by atoms with E-state index in [1.807, 2.05) is 7.05 Å². The third-order valence-corrected chi connectivity index (χ3v) is 4.38. The van der Waals surface area contributed by atoms with E-state index >= 15 is 0 Å². The molecule has 0 bridgehead atoms. The van der Waals surface area contributed by atoms with Crippen molar-refractivity contribution in [3.05, 3.63) is 5.21 Å². The highest BCUT2D eigenvalue weighted by molar-refractivity contribution is 4.61. The lowest BCUT2D eigenvalue weighted by atomic mass is 9.96. The maximum absolute atomic E-state index is 12.7. The molecule has 2 heteroatoms. The Morgan fingerprint density at radius 1 is 0.789 bits per heavy atom. The van der Waals surface area contributed by atoms with Crippen LogP contribution >= 0.6 is 0 Å². The molecule has 19 heavy (non-hydrogen) atoms. The maximum Gasteiger partial charge on any atom is 0.0810 e. The van der Waals surface area contributed by atoms with Crippen LogP contribution in [-0.4, -0.2) is 24.8 Å². The van der Waals surface area contributed by atoms with Crippen LogP contribution in [0.3, 0.4) is 0 Å². The molecule has 0 aliphatic rings. The van der Waals surface area contributed by atoms with Gasteiger partial charge in [-0.3, -0.25) is 0 Å². The van der Waals surface area contributed by atoms with Crippen LogP contribution in [0.25, 0.3) is 0 Å². The largest absolute Gasteiger partial charge is 0.633 e. The second-order valence-corrected chi connectivity index (χ2v) is 6.49. The third-order valence-electron chi connectivity index (χ3n) is 4.38. The van der Waals surface area contributed by atoms with E-state index in [0.29, 0.717) is 11.8 Å². The van der Waals surface area contributed by atoms with Crippen molar-refractivity contribution < 1.29 is 4.65 Å². The summed E-state index contributed by atoms with van der Waals surface area (Å²) in [6.07, 6.45) is 9.80. The number of hydrogen-bond donors (Lipinski definition) is 0. The Bertz CT molecular complexity index is 183. The summed E-state index contributed by atoms with van der Waals surface area (Å²) in [5, 5.41) is 12.7. The Balaban J connectivity index is 4.24. The van der Waals surface area contributed by atoms with E-state index in [0.717, 1.165) is 25.9 Å². The molecule has 0 rings (SSSR count). The summed E-state index contributed by atoms with van der Waals surface area (Å²) in [5.74, 6) is 1.23. The second kappa shape index (κ2) is 10.7. The van der Waals surface area contributed by atoms with Crippen LogP contribution in [0.1, 0.15) is 79.1 Å². The SMILES string of the molecule is CCCCC(CC)C[N+](C)([O-])CC(CC)CCCC. The van der Waals surface area contributed by atoms with Gasteiger partial charge in [-0.05, 0) is 25.7 Å². The number of hydrogen-bond acceptors (Lipinski definition) is 1. The zero-order valence-corrected chi connectivity index (χ0v) is 14.1. The lowest BCUT2D eigenvalue weighted by Crippen LogP contribution is -2.45. The van der Waals surface area contributed by atoms with E-state index in [2.05, 4.69) is 27.7 Å². The molecule has 2 nitrogen and oxygen atoms in total. The normalized spacial score (nSPS) is 18.0. The van der Waals surface area contributed by atoms with E-state index in [4.69, 9.17) is 0 Å². The quantitative estimate of drug-likeness (QED) is 0.346. The zero-order chi connectivity index (χ0) is 14.7. The van der Waals surface area contributed by atoms with Gasteiger partial charge in [0.2, 0.25) is 0 Å². The van der Waals surface area contributed by atoms with E-state index in [1.165, 1.54) is 38.5 Å². The van der Waals surface area contributed by atoms with Crippen LogP contribution in [0.2, 0.25) is 0 Å². The number of rotatable bonds is 12. The summed E-state index contributed by atoms with van der Waals surface area (Å²) in [6, 6.07) is 0. The zero-order valence-electron chi connectivity index (χ0n) is 14.1. The van der Waals surface area contributed by atoms with Crippen LogP contribution in [0.5, 0.6) is 0 Å². The van der Waals surface area contributed by atoms with Crippen LogP contribution in [0, 0.1) is 17.0 Å². The van der Waals surface area contributed by atoms with Gasteiger partial charge in [-0.1, -0.05) is 53.4 Å². The van der Waals surface area contributed by atoms with E-state index in [9.17, 15) is 5.21 Å². The highest BCUT2D eigenvalue weighted by Crippen LogP contribution is 2.22. The van der Waals surface area contributed by atoms with Crippen molar-refractivity contribution in [3.63, 3.8) is 0 Å². The predicted molar refractivity (Wildman–Crippen MR) is 85.9 cm³/mol. The minimum absolute atomic E-state index is 0.0234. The van der Waals surface area contributed by atoms with Gasteiger partial charge in [0, 0.05) is 11.8 Å². The van der Waals surface area contributed by atoms with Gasteiger partial charge in [0.25, 0.3) is 0 Å². The Labute approximate surface area is 121 Å². The number of unbranched alkanes of at least 4 members (excludes halogenated alkanes) is 2. The maximum atomic E-state index is 12.7. The van der Waals surface area contributed by atoms with Crippen molar-refractivity contribution in [1.29, 1.82) is 0 Å². The smallest absolute Gasteiger partial charge is 0.0810 e. The number of hydroxylamine groups is 3. The van der Waals surface area contributed by atoms with Crippen molar-refractivity contribution in [1.82, 2.24) is 0 Å². The summed E-state index contributed by atoms with van der Waals surface area (Å²) in [4.78, 5) is 0. The summed E-state index contributed by atoms with van der Waals surface area (Å²) in [7, 11) is 1.89. The fraction of sp³-hybridized carbons (Fsp3) is 1.00. The molecule has 0 saturated heterocycles. The molecule has 0 aliphatic heterocycles. The molecule has 0 fully saturated rings. The van der Waals surface area contributed by atoms with Gasteiger partial charge in [-0.25, -0.2) is 0 Å². The molecule has 0 heterocycles. The minimum Gasteiger partial charge on any atom is -0.633 e. The lowest BCUT2D eigenvalue weighted by molar-refractivity contribution is -0.868. The molecule has 0 spiro atoms. The van der Waals surface area contributed by atoms with Crippen molar-refractivity contribution in [2.24, 2.45) is 11.8 Å². The first kappa shape index (κ1) is 18.9. The van der Waals surface area contributed by atoms with E-state index in [1.54, 1.807) is 0 Å². The highest BCUT2D eigenvalue weighted by Gasteiger charge is 2.21. The van der Waals surface area contributed by atoms with Crippen LogP contribution in [0.15, 0.2) is 0 Å². The molecule has 0 aliphatic carbocycles. The van der Waals surface area contributed by atoms with Crippen molar-refractivity contribution in [2.45, 2.75) is 79.1 Å². The number of quaternary nitrogens is 1. The first-order valence-corrected chi connectivity index (χ1v) is 8.54. The highest BCUT2D eigenvalue weighted by atomic mass is 16.5. The fourth-order valence-electron chi connectivity index (χ4n) is 3.00. The molecule has 0 aromatic rings. The van der Waals surface area contributed by atoms with E-state index < -0.39 is 0 Å². The van der Waals surface area contributed by atoms with Crippen LogP contribution in [0.4, 0.5) is 0 Å². The third kappa shape index (κ3) is 9.45. The average molecular weight is 271 g/mol. The van der Waals surface area contributed by atoms with Crippen molar-refractivity contribution in [2.75, 3.05) is 20.1 Å². The Kier molecular flexibility index (Phi) is 10.6. The van der Waals surface area contributed by atoms with Crippen LogP contribution in [-0.2, 0) is 0 Å². The van der Waals surface area contributed by atoms with Gasteiger partial charge in [0.1, 0.15) is 0 Å². The molecule has 0 saturated carbocycles. The summed E-state index contributed by atoms with van der Waals surface area (Å²) >= 11 is 0. The van der Waals surface area contributed by atoms with E-state index in [-0.39, 0.29) is 4.65 Å². The summed E-state index contributed by atoms with van der Waals surface area (Å²) < 4.78 is -0.0234. The monoisotopic (exact) mass is 271 g/mol. The molecular formula is C17H37NO. The average Bonchev–Trinajstić information content (AvgIpc) is 2.39. The molecule has 2 atom stereocenters. The van der Waals surface area contributed by atoms with Crippen molar-refractivity contribution >= 4 is 0 Å². The Morgan fingerprint density at radius 3 is 1.42 bits per heavy atom. The summed E-state index contributed by atoms with van der Waals surface area (Å²) in [6.45, 7) is 10.6. The Hall–Kier alpha value is -0.0800. The van der Waals surface area contributed by atoms with Gasteiger partial charge < -0.3 is 9.85 Å². The van der Waals surface area contributed by atoms with Crippen LogP contribution < -0.4 is 0 Å². The molecule has 0 amide bonds. The minimum atomic E-state index is -0.0234. The summed E-state index contributed by atoms with van der Waals surface area (Å²) in [5.41, 5.74) is 0. The molecular weight excluding hydrogens is 234 g/mol. The Morgan fingerprint density at radius 2 is 1.16 bits per heavy atom. The predicted octanol–water partition coefficient (Wildman–Crippen LogP) is 5.36. The second-order valence-electron chi connectivity index (χ2n) is 6.49. The van der Waals surface area contributed by atoms with Gasteiger partial charge >= 0.3 is 0 Å². The first-order valence-electron chi connectivity index (χ1n) is 8.54. The molecule has 116 valence electrons. The van der Waals surface area contributed by atoms with Gasteiger partial charge in [0.05, 0.1) is 20.1 Å². The molecule has 0 aromatic carbocycles. The fourth-order valence-corrected chi connectivity index (χ4v) is 3.00. The molecule has 2 unspecified atom stereocenters. The lowest BCUT2D eigenvalue weighted by Gasteiger charge is -2.43. The van der Waals surface area contributed by atoms with Gasteiger partial charge in [0.15, 0.2) is 0 Å². The van der Waals surface area contributed by atoms with Gasteiger partial charge in [-0.2, -0.15) is 0 Å². The number of nitrogens with zero attached hydrogens (tertiary/aromatic N) is 1. The molecule has 0 N–H and O–H groups in total.